The largest absolute Gasteiger partial charge is 0.460 e. The molecule has 1 aliphatic rings. The highest BCUT2D eigenvalue weighted by Crippen LogP contribution is 2.25. The van der Waals surface area contributed by atoms with Crippen molar-refractivity contribution in [2.45, 2.75) is 84.5 Å². The van der Waals surface area contributed by atoms with E-state index >= 15 is 0 Å². The normalized spacial score (nSPS) is 15.2. The molecule has 0 saturated carbocycles. The lowest BCUT2D eigenvalue weighted by molar-refractivity contribution is -0.158. The minimum absolute atomic E-state index is 0.139. The topological polar surface area (TPSA) is 150 Å². The van der Waals surface area contributed by atoms with Crippen molar-refractivity contribution in [3.63, 3.8) is 0 Å². The fourth-order valence-corrected chi connectivity index (χ4v) is 4.80. The Morgan fingerprint density at radius 2 is 1.61 bits per heavy atom. The molecule has 3 amide bonds. The van der Waals surface area contributed by atoms with E-state index in [1.807, 2.05) is 0 Å². The first-order valence-electron chi connectivity index (χ1n) is 14.6. The van der Waals surface area contributed by atoms with Crippen LogP contribution in [0.25, 0.3) is 0 Å². The highest BCUT2D eigenvalue weighted by molar-refractivity contribution is 6.31. The van der Waals surface area contributed by atoms with E-state index in [1.165, 1.54) is 0 Å². The van der Waals surface area contributed by atoms with Crippen LogP contribution in [0.15, 0.2) is 42.5 Å². The summed E-state index contributed by atoms with van der Waals surface area (Å²) in [4.78, 5) is 52.2. The molecule has 11 nitrogen and oxygen atoms in total. The summed E-state index contributed by atoms with van der Waals surface area (Å²) < 4.78 is 10.5. The molecule has 12 heteroatoms. The van der Waals surface area contributed by atoms with Crippen LogP contribution in [0.2, 0.25) is 5.02 Å². The van der Waals surface area contributed by atoms with Crippen molar-refractivity contribution in [2.24, 2.45) is 0 Å². The molecule has 1 saturated heterocycles. The van der Waals surface area contributed by atoms with Gasteiger partial charge in [0.15, 0.2) is 0 Å². The van der Waals surface area contributed by atoms with Crippen LogP contribution in [0.3, 0.4) is 0 Å². The molecular weight excluding hydrogens is 586 g/mol. The van der Waals surface area contributed by atoms with Gasteiger partial charge >= 0.3 is 12.1 Å². The number of esters is 1. The maximum Gasteiger partial charge on any atom is 0.413 e. The first-order valence-corrected chi connectivity index (χ1v) is 14.9. The van der Waals surface area contributed by atoms with E-state index in [1.54, 1.807) is 88.9 Å². The van der Waals surface area contributed by atoms with Crippen molar-refractivity contribution >= 4 is 52.7 Å². The molecular formula is C32H42ClN5O6. The zero-order chi connectivity index (χ0) is 32.7. The SMILES string of the molecule is CC(C)(C)OC(=O)CC(=O)N1CCCCC1CNc1ccc(Cl)cc1C(=O)Nc1ccc(C(=N)NC(=O)OC(C)(C)C)cc1. The van der Waals surface area contributed by atoms with Crippen molar-refractivity contribution in [1.29, 1.82) is 5.41 Å². The fraction of sp³-hybridized carbons (Fsp3) is 0.469. The lowest BCUT2D eigenvalue weighted by Gasteiger charge is -2.36. The quantitative estimate of drug-likeness (QED) is 0.122. The standard InChI is InChI=1S/C32H42ClN5O6/c1-31(2,3)43-27(40)18-26(39)38-16-8-7-9-23(38)19-35-25-15-12-21(33)17-24(25)29(41)36-22-13-10-20(11-14-22)28(34)37-30(42)44-32(4,5)6/h10-15,17,23,35H,7-9,16,18-19H2,1-6H3,(H,36,41)(H2,34,37,42). The van der Waals surface area contributed by atoms with Crippen molar-refractivity contribution in [2.75, 3.05) is 23.7 Å². The molecule has 0 aliphatic carbocycles. The van der Waals surface area contributed by atoms with Gasteiger partial charge in [-0.1, -0.05) is 11.6 Å². The van der Waals surface area contributed by atoms with Crippen LogP contribution in [0.5, 0.6) is 0 Å². The zero-order valence-corrected chi connectivity index (χ0v) is 26.9. The molecule has 238 valence electrons. The number of likely N-dealkylation sites (tertiary alicyclic amines) is 1. The van der Waals surface area contributed by atoms with E-state index in [0.717, 1.165) is 19.3 Å². The van der Waals surface area contributed by atoms with E-state index in [4.69, 9.17) is 26.5 Å². The molecule has 3 rings (SSSR count). The second kappa shape index (κ2) is 14.6. The van der Waals surface area contributed by atoms with Gasteiger partial charge in [0.25, 0.3) is 5.91 Å². The Morgan fingerprint density at radius 1 is 0.955 bits per heavy atom. The van der Waals surface area contributed by atoms with E-state index in [-0.39, 0.29) is 24.2 Å². The minimum Gasteiger partial charge on any atom is -0.460 e. The van der Waals surface area contributed by atoms with Crippen LogP contribution in [0.1, 0.15) is 83.1 Å². The Kier molecular flexibility index (Phi) is 11.4. The number of alkyl carbamates (subject to hydrolysis) is 1. The molecule has 4 N–H and O–H groups in total. The summed E-state index contributed by atoms with van der Waals surface area (Å²) in [6.07, 6.45) is 1.49. The third-order valence-corrected chi connectivity index (χ3v) is 6.71. The summed E-state index contributed by atoms with van der Waals surface area (Å²) in [5.74, 6) is -1.38. The maximum absolute atomic E-state index is 13.3. The van der Waals surface area contributed by atoms with Gasteiger partial charge in [0.2, 0.25) is 5.91 Å². The number of benzene rings is 2. The highest BCUT2D eigenvalue weighted by atomic mass is 35.5. The molecule has 1 aliphatic heterocycles. The number of anilines is 2. The van der Waals surface area contributed by atoms with Gasteiger partial charge < -0.3 is 25.0 Å². The second-order valence-electron chi connectivity index (χ2n) is 12.6. The summed E-state index contributed by atoms with van der Waals surface area (Å²) in [6.45, 7) is 11.4. The van der Waals surface area contributed by atoms with E-state index < -0.39 is 29.2 Å². The van der Waals surface area contributed by atoms with Gasteiger partial charge in [0, 0.05) is 41.1 Å². The first kappa shape index (κ1) is 34.4. The smallest absolute Gasteiger partial charge is 0.413 e. The number of amidine groups is 1. The van der Waals surface area contributed by atoms with Crippen molar-refractivity contribution < 1.29 is 28.7 Å². The lowest BCUT2D eigenvalue weighted by atomic mass is 10.0. The van der Waals surface area contributed by atoms with E-state index in [9.17, 15) is 19.2 Å². The third kappa shape index (κ3) is 10.9. The van der Waals surface area contributed by atoms with Crippen LogP contribution < -0.4 is 16.0 Å². The summed E-state index contributed by atoms with van der Waals surface area (Å²) in [7, 11) is 0. The number of halogens is 1. The number of nitrogens with zero attached hydrogens (tertiary/aromatic N) is 1. The van der Waals surface area contributed by atoms with Crippen LogP contribution in [0.4, 0.5) is 16.2 Å². The van der Waals surface area contributed by atoms with Crippen LogP contribution in [-0.4, -0.2) is 64.9 Å². The first-order chi connectivity index (χ1) is 20.5. The number of hydrogen-bond acceptors (Lipinski definition) is 8. The molecule has 1 heterocycles. The molecule has 0 spiro atoms. The predicted octanol–water partition coefficient (Wildman–Crippen LogP) is 5.97. The van der Waals surface area contributed by atoms with Crippen LogP contribution in [-0.2, 0) is 19.1 Å². The van der Waals surface area contributed by atoms with Gasteiger partial charge in [-0.15, -0.1) is 0 Å². The molecule has 1 unspecified atom stereocenters. The molecule has 1 atom stereocenters. The van der Waals surface area contributed by atoms with Gasteiger partial charge in [0.1, 0.15) is 23.5 Å². The van der Waals surface area contributed by atoms with Gasteiger partial charge in [0.05, 0.1) is 5.56 Å². The number of piperidine rings is 1. The second-order valence-corrected chi connectivity index (χ2v) is 13.0. The Balaban J connectivity index is 1.65. The summed E-state index contributed by atoms with van der Waals surface area (Å²) in [6, 6.07) is 11.2. The third-order valence-electron chi connectivity index (χ3n) is 6.47. The van der Waals surface area contributed by atoms with Gasteiger partial charge in [-0.05, 0) is 103 Å². The molecule has 0 aromatic heterocycles. The maximum atomic E-state index is 13.3. The number of carbonyl (C=O) groups is 4. The number of carbonyl (C=O) groups excluding carboxylic acids is 4. The van der Waals surface area contributed by atoms with Crippen LogP contribution >= 0.6 is 11.6 Å². The predicted molar refractivity (Wildman–Crippen MR) is 170 cm³/mol. The average molecular weight is 628 g/mol. The number of amides is 3. The molecule has 1 fully saturated rings. The van der Waals surface area contributed by atoms with Gasteiger partial charge in [-0.25, -0.2) is 4.79 Å². The highest BCUT2D eigenvalue weighted by Gasteiger charge is 2.29. The molecule has 2 aromatic carbocycles. The minimum atomic E-state index is -0.732. The van der Waals surface area contributed by atoms with Crippen molar-refractivity contribution in [1.82, 2.24) is 10.2 Å². The van der Waals surface area contributed by atoms with Crippen molar-refractivity contribution in [3.8, 4) is 0 Å². The zero-order valence-electron chi connectivity index (χ0n) is 26.1. The van der Waals surface area contributed by atoms with Crippen molar-refractivity contribution in [3.05, 3.63) is 58.6 Å². The fourth-order valence-electron chi connectivity index (χ4n) is 4.63. The molecule has 2 aromatic rings. The lowest BCUT2D eigenvalue weighted by Crippen LogP contribution is -2.48. The van der Waals surface area contributed by atoms with E-state index in [2.05, 4.69) is 16.0 Å². The Labute approximate surface area is 263 Å². The number of ether oxygens (including phenoxy) is 2. The summed E-state index contributed by atoms with van der Waals surface area (Å²) in [5.41, 5.74) is 0.385. The monoisotopic (exact) mass is 627 g/mol. The average Bonchev–Trinajstić information content (AvgIpc) is 2.90. The Hall–Kier alpha value is -4.12. The molecule has 0 radical (unpaired) electrons. The van der Waals surface area contributed by atoms with Gasteiger partial charge in [-0.2, -0.15) is 0 Å². The van der Waals surface area contributed by atoms with E-state index in [0.29, 0.717) is 40.6 Å². The van der Waals surface area contributed by atoms with Gasteiger partial charge in [-0.3, -0.25) is 25.1 Å². The molecule has 44 heavy (non-hydrogen) atoms. The Bertz CT molecular complexity index is 1380. The Morgan fingerprint density at radius 3 is 2.25 bits per heavy atom. The number of nitrogens with one attached hydrogen (secondary N) is 4. The number of hydrogen-bond donors (Lipinski definition) is 4. The summed E-state index contributed by atoms with van der Waals surface area (Å²) >= 11 is 6.24. The van der Waals surface area contributed by atoms with Crippen LogP contribution in [0, 0.1) is 5.41 Å². The molecule has 0 bridgehead atoms. The number of rotatable bonds is 8. The summed E-state index contributed by atoms with van der Waals surface area (Å²) in [5, 5.41) is 17.0.